The van der Waals surface area contributed by atoms with E-state index >= 15 is 0 Å². The summed E-state index contributed by atoms with van der Waals surface area (Å²) in [6, 6.07) is 10.1. The Kier molecular flexibility index (Phi) is 10.8. The van der Waals surface area contributed by atoms with Crippen LogP contribution < -0.4 is 0 Å². The second-order valence-electron chi connectivity index (χ2n) is 8.61. The number of unbranched alkanes of at least 4 members (excludes halogenated alkanes) is 5. The van der Waals surface area contributed by atoms with E-state index in [9.17, 15) is 9.46 Å². The van der Waals surface area contributed by atoms with Crippen LogP contribution in [0.15, 0.2) is 36.5 Å². The molecular weight excluding hydrogens is 415 g/mol. The van der Waals surface area contributed by atoms with Crippen LogP contribution in [0.3, 0.4) is 0 Å². The number of nitrogens with zero attached hydrogens (tertiary/aromatic N) is 4. The number of rotatable bonds is 16. The number of likely N-dealkylation sites (N-methyl/N-ethyl adjacent to an activating group) is 1. The molecule has 1 heterocycles. The summed E-state index contributed by atoms with van der Waals surface area (Å²) >= 11 is 0. The first-order valence-corrected chi connectivity index (χ1v) is 12.7. The van der Waals surface area contributed by atoms with Gasteiger partial charge in [0.05, 0.1) is 33.4 Å². The lowest BCUT2D eigenvalue weighted by atomic mass is 10.1. The molecule has 174 valence electrons. The van der Waals surface area contributed by atoms with Crippen LogP contribution in [0, 0.1) is 0 Å². The Morgan fingerprint density at radius 2 is 1.71 bits per heavy atom. The second kappa shape index (κ2) is 13.1. The first-order chi connectivity index (χ1) is 14.8. The molecule has 0 bridgehead atoms. The minimum Gasteiger partial charge on any atom is -0.321 e. The van der Waals surface area contributed by atoms with Crippen molar-refractivity contribution in [1.82, 2.24) is 15.0 Å². The SMILES string of the molecule is CCCCCCCCOP(=O)(O)OCC[N+](C)(C)Cc1cn(Cc2ccccc2)nn1. The first kappa shape index (κ1) is 25.7. The van der Waals surface area contributed by atoms with E-state index in [1.165, 1.54) is 24.8 Å². The van der Waals surface area contributed by atoms with Crippen LogP contribution in [-0.2, 0) is 26.7 Å². The van der Waals surface area contributed by atoms with Crippen molar-refractivity contribution in [3.63, 3.8) is 0 Å². The van der Waals surface area contributed by atoms with Crippen LogP contribution in [0.2, 0.25) is 0 Å². The molecule has 0 fully saturated rings. The molecule has 31 heavy (non-hydrogen) atoms. The molecule has 1 unspecified atom stereocenters. The van der Waals surface area contributed by atoms with Crippen molar-refractivity contribution in [2.45, 2.75) is 58.5 Å². The summed E-state index contributed by atoms with van der Waals surface area (Å²) in [7, 11) is 0.0544. The van der Waals surface area contributed by atoms with Crippen molar-refractivity contribution in [1.29, 1.82) is 0 Å². The zero-order chi connectivity index (χ0) is 22.6. The molecule has 1 aromatic heterocycles. The number of quaternary nitrogens is 1. The van der Waals surface area contributed by atoms with Crippen molar-refractivity contribution in [3.8, 4) is 0 Å². The lowest BCUT2D eigenvalue weighted by Gasteiger charge is -2.28. The van der Waals surface area contributed by atoms with Gasteiger partial charge in [-0.05, 0) is 12.0 Å². The highest BCUT2D eigenvalue weighted by Crippen LogP contribution is 2.43. The van der Waals surface area contributed by atoms with E-state index in [1.54, 1.807) is 0 Å². The topological polar surface area (TPSA) is 86.5 Å². The van der Waals surface area contributed by atoms with Crippen LogP contribution >= 0.6 is 7.82 Å². The molecule has 1 N–H and O–H groups in total. The van der Waals surface area contributed by atoms with Gasteiger partial charge in [-0.3, -0.25) is 9.05 Å². The van der Waals surface area contributed by atoms with Crippen molar-refractivity contribution >= 4 is 7.82 Å². The molecule has 0 radical (unpaired) electrons. The van der Waals surface area contributed by atoms with E-state index in [-0.39, 0.29) is 13.2 Å². The number of hydrogen-bond acceptors (Lipinski definition) is 5. The molecular formula is C22H38N4O4P+. The maximum atomic E-state index is 12.0. The van der Waals surface area contributed by atoms with Crippen molar-refractivity contribution in [3.05, 3.63) is 47.8 Å². The fraction of sp³-hybridized carbons (Fsp3) is 0.636. The zero-order valence-electron chi connectivity index (χ0n) is 19.2. The van der Waals surface area contributed by atoms with Gasteiger partial charge in [-0.15, -0.1) is 5.10 Å². The van der Waals surface area contributed by atoms with E-state index < -0.39 is 7.82 Å². The molecule has 0 saturated carbocycles. The third-order valence-corrected chi connectivity index (χ3v) is 6.08. The van der Waals surface area contributed by atoms with Gasteiger partial charge in [-0.25, -0.2) is 9.25 Å². The molecule has 2 aromatic rings. The van der Waals surface area contributed by atoms with E-state index in [1.807, 2.05) is 43.2 Å². The molecule has 0 amide bonds. The smallest absolute Gasteiger partial charge is 0.321 e. The molecule has 1 atom stereocenters. The Morgan fingerprint density at radius 1 is 1.03 bits per heavy atom. The molecule has 2 rings (SSSR count). The Bertz CT molecular complexity index is 798. The third kappa shape index (κ3) is 11.0. The minimum absolute atomic E-state index is 0.134. The Balaban J connectivity index is 1.67. The number of phosphoric acid groups is 1. The Hall–Kier alpha value is -1.57. The van der Waals surface area contributed by atoms with E-state index in [0.717, 1.165) is 25.0 Å². The largest absolute Gasteiger partial charge is 0.472 e. The van der Waals surface area contributed by atoms with Gasteiger partial charge in [0.15, 0.2) is 0 Å². The summed E-state index contributed by atoms with van der Waals surface area (Å²) < 4.78 is 24.7. The maximum Gasteiger partial charge on any atom is 0.472 e. The van der Waals surface area contributed by atoms with E-state index in [4.69, 9.17) is 9.05 Å². The fourth-order valence-corrected chi connectivity index (χ4v) is 4.03. The van der Waals surface area contributed by atoms with Crippen LogP contribution in [0.4, 0.5) is 0 Å². The monoisotopic (exact) mass is 453 g/mol. The number of hydrogen-bond donors (Lipinski definition) is 1. The number of benzene rings is 1. The maximum absolute atomic E-state index is 12.0. The highest BCUT2D eigenvalue weighted by molar-refractivity contribution is 7.47. The molecule has 0 spiro atoms. The molecule has 9 heteroatoms. The van der Waals surface area contributed by atoms with Gasteiger partial charge >= 0.3 is 7.82 Å². The second-order valence-corrected chi connectivity index (χ2v) is 10.1. The van der Waals surface area contributed by atoms with Crippen molar-refractivity contribution in [2.75, 3.05) is 33.9 Å². The summed E-state index contributed by atoms with van der Waals surface area (Å²) in [6.45, 7) is 4.44. The van der Waals surface area contributed by atoms with Crippen LogP contribution in [0.1, 0.15) is 56.7 Å². The van der Waals surface area contributed by atoms with Gasteiger partial charge in [0, 0.05) is 0 Å². The fourth-order valence-electron chi connectivity index (χ4n) is 3.28. The Morgan fingerprint density at radius 3 is 2.45 bits per heavy atom. The molecule has 0 saturated heterocycles. The van der Waals surface area contributed by atoms with Gasteiger partial charge in [0.2, 0.25) is 0 Å². The Labute approximate surface area is 186 Å². The molecule has 1 aromatic carbocycles. The normalized spacial score (nSPS) is 13.9. The van der Waals surface area contributed by atoms with Gasteiger partial charge in [0.1, 0.15) is 25.4 Å². The van der Waals surface area contributed by atoms with Crippen molar-refractivity contribution in [2.24, 2.45) is 0 Å². The summed E-state index contributed by atoms with van der Waals surface area (Å²) in [5, 5.41) is 8.46. The minimum atomic E-state index is -4.00. The highest BCUT2D eigenvalue weighted by atomic mass is 31.2. The van der Waals surface area contributed by atoms with E-state index in [0.29, 0.717) is 24.1 Å². The van der Waals surface area contributed by atoms with E-state index in [2.05, 4.69) is 29.4 Å². The van der Waals surface area contributed by atoms with Gasteiger partial charge in [-0.1, -0.05) is 74.6 Å². The number of aromatic nitrogens is 3. The molecule has 0 aliphatic rings. The van der Waals surface area contributed by atoms with Gasteiger partial charge < -0.3 is 9.38 Å². The average Bonchev–Trinajstić information content (AvgIpc) is 3.13. The summed E-state index contributed by atoms with van der Waals surface area (Å²) in [6.07, 6.45) is 8.50. The molecule has 0 aliphatic carbocycles. The van der Waals surface area contributed by atoms with Gasteiger partial charge in [-0.2, -0.15) is 0 Å². The standard InChI is InChI=1S/C22H37N4O4P/c1-4-5-6-7-8-12-16-29-31(27,28)30-17-15-26(2,3)20-22-19-25(24-23-22)18-21-13-10-9-11-14-21/h9-11,13-14,19H,4-8,12,15-18,20H2,1-3H3/p+1. The van der Waals surface area contributed by atoms with Crippen LogP contribution in [0.25, 0.3) is 0 Å². The number of phosphoric ester groups is 1. The predicted octanol–water partition coefficient (Wildman–Crippen LogP) is 4.40. The third-order valence-electron chi connectivity index (χ3n) is 5.07. The average molecular weight is 454 g/mol. The molecule has 0 aliphatic heterocycles. The van der Waals surface area contributed by atoms with Crippen LogP contribution in [0.5, 0.6) is 0 Å². The highest BCUT2D eigenvalue weighted by Gasteiger charge is 2.24. The zero-order valence-corrected chi connectivity index (χ0v) is 20.0. The van der Waals surface area contributed by atoms with Gasteiger partial charge in [0.25, 0.3) is 0 Å². The quantitative estimate of drug-likeness (QED) is 0.230. The summed E-state index contributed by atoms with van der Waals surface area (Å²) in [4.78, 5) is 9.86. The molecule has 8 nitrogen and oxygen atoms in total. The lowest BCUT2D eigenvalue weighted by molar-refractivity contribution is -0.904. The van der Waals surface area contributed by atoms with Crippen molar-refractivity contribution < 1.29 is 23.0 Å². The first-order valence-electron chi connectivity index (χ1n) is 11.2. The summed E-state index contributed by atoms with van der Waals surface area (Å²) in [5.74, 6) is 0. The summed E-state index contributed by atoms with van der Waals surface area (Å²) in [5.41, 5.74) is 2.04. The predicted molar refractivity (Wildman–Crippen MR) is 121 cm³/mol. The van der Waals surface area contributed by atoms with Crippen LogP contribution in [-0.4, -0.2) is 58.2 Å². The lowest BCUT2D eigenvalue weighted by Crippen LogP contribution is -2.41.